The Morgan fingerprint density at radius 2 is 1.77 bits per heavy atom. The van der Waals surface area contributed by atoms with Crippen LogP contribution in [0.4, 0.5) is 15.8 Å². The van der Waals surface area contributed by atoms with E-state index in [1.54, 1.807) is 42.6 Å². The van der Waals surface area contributed by atoms with Gasteiger partial charge in [-0.05, 0) is 85.0 Å². The minimum atomic E-state index is -3.39. The summed E-state index contributed by atoms with van der Waals surface area (Å²) in [4.78, 5) is 6.44. The van der Waals surface area contributed by atoms with E-state index in [0.717, 1.165) is 23.2 Å². The van der Waals surface area contributed by atoms with Gasteiger partial charge in [0, 0.05) is 23.1 Å². The first-order valence-corrected chi connectivity index (χ1v) is 13.0. The molecule has 2 aromatic heterocycles. The van der Waals surface area contributed by atoms with E-state index in [0.29, 0.717) is 22.3 Å². The van der Waals surface area contributed by atoms with E-state index < -0.39 is 10.0 Å². The number of hydrogen-bond acceptors (Lipinski definition) is 5. The molecule has 2 atom stereocenters. The van der Waals surface area contributed by atoms with Crippen molar-refractivity contribution in [3.63, 3.8) is 0 Å². The fourth-order valence-corrected chi connectivity index (χ4v) is 5.02. The van der Waals surface area contributed by atoms with Crippen LogP contribution in [0.2, 0.25) is 0 Å². The zero-order valence-corrected chi connectivity index (χ0v) is 20.2. The smallest absolute Gasteiger partial charge is 0.229 e. The van der Waals surface area contributed by atoms with Gasteiger partial charge in [-0.2, -0.15) is 0 Å². The number of aromatic nitrogens is 1. The van der Waals surface area contributed by atoms with E-state index in [1.165, 1.54) is 12.1 Å². The number of nitrogens with one attached hydrogen (secondary N) is 2. The molecule has 5 rings (SSSR count). The van der Waals surface area contributed by atoms with Crippen LogP contribution in [0, 0.1) is 5.82 Å². The molecule has 1 saturated heterocycles. The molecule has 7 nitrogen and oxygen atoms in total. The summed E-state index contributed by atoms with van der Waals surface area (Å²) in [5.41, 5.74) is 2.74. The number of pyridine rings is 1. The first kappa shape index (κ1) is 23.0. The van der Waals surface area contributed by atoms with Crippen molar-refractivity contribution in [2.45, 2.75) is 12.1 Å². The molecule has 0 unspecified atom stereocenters. The van der Waals surface area contributed by atoms with Crippen molar-refractivity contribution in [3.8, 4) is 11.3 Å². The predicted octanol–water partition coefficient (Wildman–Crippen LogP) is 5.03. The zero-order chi connectivity index (χ0) is 24.6. The highest BCUT2D eigenvalue weighted by Crippen LogP contribution is 2.43. The van der Waals surface area contributed by atoms with Crippen molar-refractivity contribution in [1.82, 2.24) is 10.3 Å². The highest BCUT2D eigenvalue weighted by Gasteiger charge is 2.42. The van der Waals surface area contributed by atoms with Crippen LogP contribution in [-0.4, -0.2) is 24.8 Å². The van der Waals surface area contributed by atoms with Gasteiger partial charge in [-0.3, -0.25) is 9.71 Å². The van der Waals surface area contributed by atoms with E-state index in [1.807, 2.05) is 35.2 Å². The third-order valence-electron chi connectivity index (χ3n) is 5.59. The monoisotopic (exact) mass is 508 g/mol. The second kappa shape index (κ2) is 9.12. The van der Waals surface area contributed by atoms with Crippen molar-refractivity contribution >= 4 is 38.7 Å². The minimum absolute atomic E-state index is 0.301. The van der Waals surface area contributed by atoms with Gasteiger partial charge in [-0.15, -0.1) is 0 Å². The highest BCUT2D eigenvalue weighted by molar-refractivity contribution is 7.92. The molecule has 2 aromatic carbocycles. The Kier molecular flexibility index (Phi) is 6.00. The molecular formula is C25H21FN4O3S2. The summed E-state index contributed by atoms with van der Waals surface area (Å²) in [5.74, 6) is 0.928. The lowest BCUT2D eigenvalue weighted by molar-refractivity contribution is 0.439. The largest absolute Gasteiger partial charge is 0.459 e. The van der Waals surface area contributed by atoms with E-state index >= 15 is 0 Å². The number of anilines is 2. The van der Waals surface area contributed by atoms with E-state index in [4.69, 9.17) is 16.6 Å². The van der Waals surface area contributed by atoms with Gasteiger partial charge < -0.3 is 14.6 Å². The summed E-state index contributed by atoms with van der Waals surface area (Å²) in [7, 11) is -3.39. The molecule has 1 aliphatic heterocycles. The molecule has 35 heavy (non-hydrogen) atoms. The Balaban J connectivity index is 1.54. The van der Waals surface area contributed by atoms with E-state index in [-0.39, 0.29) is 17.9 Å². The SMILES string of the molecule is CS(=O)(=O)Nc1ccc(N2C(=S)N[C@@H](c3ccccn3)[C@@H]2c2ccc(-c3ccc(F)cc3)o2)cc1. The van der Waals surface area contributed by atoms with Crippen molar-refractivity contribution in [2.75, 3.05) is 15.9 Å². The van der Waals surface area contributed by atoms with Crippen LogP contribution in [0.3, 0.4) is 0 Å². The number of benzene rings is 2. The maximum absolute atomic E-state index is 13.4. The van der Waals surface area contributed by atoms with Gasteiger partial charge in [0.05, 0.1) is 18.0 Å². The average molecular weight is 509 g/mol. The van der Waals surface area contributed by atoms with Gasteiger partial charge in [0.15, 0.2) is 5.11 Å². The number of rotatable bonds is 6. The summed E-state index contributed by atoms with van der Waals surface area (Å²) in [5, 5.41) is 3.83. The van der Waals surface area contributed by atoms with Crippen molar-refractivity contribution in [3.05, 3.63) is 102 Å². The summed E-state index contributed by atoms with van der Waals surface area (Å²) in [6, 6.07) is 21.8. The average Bonchev–Trinajstić information content (AvgIpc) is 3.44. The second-order valence-corrected chi connectivity index (χ2v) is 10.3. The lowest BCUT2D eigenvalue weighted by atomic mass is 10.0. The number of sulfonamides is 1. The Morgan fingerprint density at radius 1 is 1.03 bits per heavy atom. The summed E-state index contributed by atoms with van der Waals surface area (Å²) < 4.78 is 45.3. The molecule has 0 aliphatic carbocycles. The normalized spacial score (nSPS) is 17.9. The van der Waals surface area contributed by atoms with Gasteiger partial charge in [0.25, 0.3) is 0 Å². The van der Waals surface area contributed by atoms with Crippen LogP contribution < -0.4 is 14.9 Å². The molecule has 2 N–H and O–H groups in total. The maximum Gasteiger partial charge on any atom is 0.229 e. The van der Waals surface area contributed by atoms with Crippen LogP contribution in [0.25, 0.3) is 11.3 Å². The third kappa shape index (κ3) is 4.89. The van der Waals surface area contributed by atoms with E-state index in [9.17, 15) is 12.8 Å². The predicted molar refractivity (Wildman–Crippen MR) is 137 cm³/mol. The van der Waals surface area contributed by atoms with Crippen LogP contribution in [0.1, 0.15) is 23.5 Å². The molecule has 0 spiro atoms. The molecule has 1 fully saturated rings. The van der Waals surface area contributed by atoms with Crippen LogP contribution in [0.15, 0.2) is 89.5 Å². The Morgan fingerprint density at radius 3 is 2.43 bits per heavy atom. The molecule has 4 aromatic rings. The maximum atomic E-state index is 13.4. The topological polar surface area (TPSA) is 87.5 Å². The van der Waals surface area contributed by atoms with Crippen LogP contribution in [-0.2, 0) is 10.0 Å². The first-order chi connectivity index (χ1) is 16.8. The lowest BCUT2D eigenvalue weighted by Crippen LogP contribution is -2.29. The molecule has 1 aliphatic rings. The quantitative estimate of drug-likeness (QED) is 0.353. The van der Waals surface area contributed by atoms with Gasteiger partial charge in [0.1, 0.15) is 23.4 Å². The number of halogens is 1. The Hall–Kier alpha value is -3.76. The molecule has 0 radical (unpaired) electrons. The lowest BCUT2D eigenvalue weighted by Gasteiger charge is -2.26. The molecule has 0 saturated carbocycles. The molecule has 0 amide bonds. The van der Waals surface area contributed by atoms with Crippen LogP contribution >= 0.6 is 12.2 Å². The fraction of sp³-hybridized carbons (Fsp3) is 0.120. The zero-order valence-electron chi connectivity index (χ0n) is 18.6. The number of thiocarbonyl (C=S) groups is 1. The highest BCUT2D eigenvalue weighted by atomic mass is 32.2. The molecule has 10 heteroatoms. The number of nitrogens with zero attached hydrogens (tertiary/aromatic N) is 2. The second-order valence-electron chi connectivity index (χ2n) is 8.13. The van der Waals surface area contributed by atoms with Gasteiger partial charge in [-0.1, -0.05) is 6.07 Å². The summed E-state index contributed by atoms with van der Waals surface area (Å²) >= 11 is 5.70. The molecule has 178 valence electrons. The number of furan rings is 1. The Bertz CT molecular complexity index is 1460. The van der Waals surface area contributed by atoms with Crippen molar-refractivity contribution in [1.29, 1.82) is 0 Å². The van der Waals surface area contributed by atoms with Gasteiger partial charge in [-0.25, -0.2) is 12.8 Å². The molecule has 3 heterocycles. The van der Waals surface area contributed by atoms with Gasteiger partial charge >= 0.3 is 0 Å². The fourth-order valence-electron chi connectivity index (χ4n) is 4.11. The summed E-state index contributed by atoms with van der Waals surface area (Å²) in [6.45, 7) is 0. The standard InChI is InChI=1S/C25H21FN4O3S2/c1-35(31,32)29-18-9-11-19(12-10-18)30-24(23(28-25(30)34)20-4-2-3-15-27-20)22-14-13-21(33-22)16-5-7-17(26)8-6-16/h2-15,23-24,29H,1H3,(H,28,34)/t23-,24-/m0/s1. The molecule has 0 bridgehead atoms. The van der Waals surface area contributed by atoms with Crippen molar-refractivity contribution in [2.24, 2.45) is 0 Å². The number of hydrogen-bond donors (Lipinski definition) is 2. The molecular weight excluding hydrogens is 487 g/mol. The minimum Gasteiger partial charge on any atom is -0.459 e. The third-order valence-corrected chi connectivity index (χ3v) is 6.51. The van der Waals surface area contributed by atoms with Crippen LogP contribution in [0.5, 0.6) is 0 Å². The summed E-state index contributed by atoms with van der Waals surface area (Å²) in [6.07, 6.45) is 2.82. The van der Waals surface area contributed by atoms with E-state index in [2.05, 4.69) is 15.0 Å². The van der Waals surface area contributed by atoms with Gasteiger partial charge in [0.2, 0.25) is 10.0 Å². The Labute approximate surface area is 207 Å². The van der Waals surface area contributed by atoms with Crippen molar-refractivity contribution < 1.29 is 17.2 Å². The first-order valence-electron chi connectivity index (χ1n) is 10.7.